The van der Waals surface area contributed by atoms with Crippen LogP contribution in [0.3, 0.4) is 0 Å². The smallest absolute Gasteiger partial charge is 0.325 e. The maximum atomic E-state index is 11.9. The lowest BCUT2D eigenvalue weighted by Gasteiger charge is -2.19. The van der Waals surface area contributed by atoms with Crippen LogP contribution in [0.1, 0.15) is 10.7 Å². The topological polar surface area (TPSA) is 116 Å². The van der Waals surface area contributed by atoms with Gasteiger partial charge in [0, 0.05) is 17.1 Å². The second kappa shape index (κ2) is 8.49. The van der Waals surface area contributed by atoms with Gasteiger partial charge in [0.1, 0.15) is 13.2 Å². The Balaban J connectivity index is 1.42. The molecular weight excluding hydrogens is 374 g/mol. The molecule has 0 atom stereocenters. The Kier molecular flexibility index (Phi) is 5.87. The Morgan fingerprint density at radius 2 is 2.00 bits per heavy atom. The Bertz CT molecular complexity index is 866. The molecule has 142 valence electrons. The molecule has 0 aliphatic carbocycles. The summed E-state index contributed by atoms with van der Waals surface area (Å²) in [4.78, 5) is 39.4. The minimum Gasteiger partial charge on any atom is -0.486 e. The highest BCUT2D eigenvalue weighted by atomic mass is 32.1. The fourth-order valence-corrected chi connectivity index (χ4v) is 2.89. The number of nitrogens with one attached hydrogen (secondary N) is 2. The standard InChI is InChI=1S/C17H17N3O6S/c1-10-18-12(9-27-10)7-16(22)26-8-15(21)20-17(23)19-11-2-3-13-14(6-11)25-5-4-24-13/h2-3,6,9H,4-5,7-8H2,1H3,(H2,19,20,21,23). The van der Waals surface area contributed by atoms with E-state index in [-0.39, 0.29) is 6.42 Å². The minimum atomic E-state index is -0.747. The quantitative estimate of drug-likeness (QED) is 0.745. The van der Waals surface area contributed by atoms with Gasteiger partial charge in [-0.2, -0.15) is 0 Å². The predicted octanol–water partition coefficient (Wildman–Crippen LogP) is 1.66. The van der Waals surface area contributed by atoms with Gasteiger partial charge in [-0.3, -0.25) is 14.9 Å². The number of benzene rings is 1. The highest BCUT2D eigenvalue weighted by Gasteiger charge is 2.15. The number of nitrogens with zero attached hydrogens (tertiary/aromatic N) is 1. The molecule has 0 spiro atoms. The van der Waals surface area contributed by atoms with Gasteiger partial charge in [0.2, 0.25) is 0 Å². The molecule has 27 heavy (non-hydrogen) atoms. The van der Waals surface area contributed by atoms with E-state index < -0.39 is 24.5 Å². The fraction of sp³-hybridized carbons (Fsp3) is 0.294. The van der Waals surface area contributed by atoms with Crippen LogP contribution >= 0.6 is 11.3 Å². The maximum Gasteiger partial charge on any atom is 0.325 e. The number of carbonyl (C=O) groups excluding carboxylic acids is 3. The van der Waals surface area contributed by atoms with Gasteiger partial charge in [-0.1, -0.05) is 0 Å². The molecule has 1 aliphatic heterocycles. The van der Waals surface area contributed by atoms with Gasteiger partial charge in [0.05, 0.1) is 17.1 Å². The van der Waals surface area contributed by atoms with Crippen LogP contribution < -0.4 is 20.1 Å². The lowest BCUT2D eigenvalue weighted by molar-refractivity contribution is -0.147. The second-order valence-electron chi connectivity index (χ2n) is 5.56. The summed E-state index contributed by atoms with van der Waals surface area (Å²) in [7, 11) is 0. The van der Waals surface area contributed by atoms with Crippen LogP contribution in [-0.2, 0) is 20.7 Å². The van der Waals surface area contributed by atoms with Gasteiger partial charge in [0.15, 0.2) is 18.1 Å². The van der Waals surface area contributed by atoms with Gasteiger partial charge >= 0.3 is 12.0 Å². The number of urea groups is 1. The van der Waals surface area contributed by atoms with Crippen molar-refractivity contribution in [2.45, 2.75) is 13.3 Å². The molecule has 0 saturated heterocycles. The molecule has 2 N–H and O–H groups in total. The number of imide groups is 1. The number of esters is 1. The zero-order valence-corrected chi connectivity index (χ0v) is 15.3. The molecule has 3 rings (SSSR count). The molecule has 0 unspecified atom stereocenters. The predicted molar refractivity (Wildman–Crippen MR) is 96.1 cm³/mol. The van der Waals surface area contributed by atoms with Crippen molar-refractivity contribution in [1.82, 2.24) is 10.3 Å². The van der Waals surface area contributed by atoms with E-state index in [0.717, 1.165) is 5.01 Å². The minimum absolute atomic E-state index is 0.0268. The van der Waals surface area contributed by atoms with Crippen molar-refractivity contribution in [1.29, 1.82) is 0 Å². The summed E-state index contributed by atoms with van der Waals surface area (Å²) in [5.74, 6) is -0.238. The van der Waals surface area contributed by atoms with E-state index in [1.54, 1.807) is 23.6 Å². The lowest BCUT2D eigenvalue weighted by atomic mass is 10.2. The molecule has 1 aliphatic rings. The normalized spacial score (nSPS) is 12.2. The van der Waals surface area contributed by atoms with Gasteiger partial charge in [-0.15, -0.1) is 11.3 Å². The van der Waals surface area contributed by atoms with Crippen molar-refractivity contribution < 1.29 is 28.6 Å². The van der Waals surface area contributed by atoms with E-state index in [9.17, 15) is 14.4 Å². The number of carbonyl (C=O) groups is 3. The van der Waals surface area contributed by atoms with Crippen LogP contribution in [0.5, 0.6) is 11.5 Å². The molecule has 0 radical (unpaired) electrons. The summed E-state index contributed by atoms with van der Waals surface area (Å²) in [6, 6.07) is 4.12. The van der Waals surface area contributed by atoms with Gasteiger partial charge in [-0.25, -0.2) is 9.78 Å². The number of ether oxygens (including phenoxy) is 3. The first-order valence-corrected chi connectivity index (χ1v) is 8.94. The largest absolute Gasteiger partial charge is 0.486 e. The molecule has 1 aromatic heterocycles. The number of anilines is 1. The number of amides is 3. The van der Waals surface area contributed by atoms with E-state index in [0.29, 0.717) is 36.1 Å². The van der Waals surface area contributed by atoms with E-state index in [1.807, 2.05) is 6.92 Å². The van der Waals surface area contributed by atoms with Gasteiger partial charge in [-0.05, 0) is 19.1 Å². The SMILES string of the molecule is Cc1nc(CC(=O)OCC(=O)NC(=O)Nc2ccc3c(c2)OCCO3)cs1. The number of thiazole rings is 1. The second-order valence-corrected chi connectivity index (χ2v) is 6.62. The Hall–Kier alpha value is -3.14. The number of aryl methyl sites for hydroxylation is 1. The molecule has 0 bridgehead atoms. The highest BCUT2D eigenvalue weighted by molar-refractivity contribution is 7.09. The van der Waals surface area contributed by atoms with E-state index in [4.69, 9.17) is 14.2 Å². The number of hydrogen-bond donors (Lipinski definition) is 2. The molecule has 2 aromatic rings. The van der Waals surface area contributed by atoms with Crippen LogP contribution in [0.15, 0.2) is 23.6 Å². The molecule has 2 heterocycles. The summed E-state index contributed by atoms with van der Waals surface area (Å²) in [6.07, 6.45) is -0.0268. The molecule has 9 nitrogen and oxygen atoms in total. The van der Waals surface area contributed by atoms with E-state index in [1.165, 1.54) is 11.3 Å². The van der Waals surface area contributed by atoms with Crippen LogP contribution in [0.25, 0.3) is 0 Å². The maximum absolute atomic E-state index is 11.9. The van der Waals surface area contributed by atoms with Crippen LogP contribution in [0, 0.1) is 6.92 Å². The third-order valence-corrected chi connectivity index (χ3v) is 4.23. The Morgan fingerprint density at radius 1 is 1.22 bits per heavy atom. The van der Waals surface area contributed by atoms with Crippen LogP contribution in [0.4, 0.5) is 10.5 Å². The van der Waals surface area contributed by atoms with Crippen LogP contribution in [0.2, 0.25) is 0 Å². The van der Waals surface area contributed by atoms with Crippen molar-refractivity contribution in [2.75, 3.05) is 25.1 Å². The summed E-state index contributed by atoms with van der Waals surface area (Å²) >= 11 is 1.42. The zero-order chi connectivity index (χ0) is 19.2. The summed E-state index contributed by atoms with van der Waals surface area (Å²) in [6.45, 7) is 2.16. The fourth-order valence-electron chi connectivity index (χ4n) is 2.28. The average molecular weight is 391 g/mol. The molecule has 0 fully saturated rings. The first-order valence-electron chi connectivity index (χ1n) is 8.07. The first-order chi connectivity index (χ1) is 13.0. The summed E-state index contributed by atoms with van der Waals surface area (Å²) in [5.41, 5.74) is 1.01. The molecule has 1 aromatic carbocycles. The molecular formula is C17H17N3O6S. The van der Waals surface area contributed by atoms with Crippen molar-refractivity contribution in [2.24, 2.45) is 0 Å². The number of fused-ring (bicyclic) bond motifs is 1. The van der Waals surface area contributed by atoms with E-state index >= 15 is 0 Å². The molecule has 0 saturated carbocycles. The zero-order valence-electron chi connectivity index (χ0n) is 14.4. The third-order valence-electron chi connectivity index (χ3n) is 3.41. The Morgan fingerprint density at radius 3 is 2.74 bits per heavy atom. The lowest BCUT2D eigenvalue weighted by Crippen LogP contribution is -2.37. The number of rotatable bonds is 5. The van der Waals surface area contributed by atoms with Gasteiger partial charge in [0.25, 0.3) is 5.91 Å². The van der Waals surface area contributed by atoms with Crippen molar-refractivity contribution >= 4 is 34.9 Å². The third kappa shape index (κ3) is 5.42. The summed E-state index contributed by atoms with van der Waals surface area (Å²) < 4.78 is 15.6. The van der Waals surface area contributed by atoms with Crippen molar-refractivity contribution in [3.8, 4) is 11.5 Å². The average Bonchev–Trinajstić information content (AvgIpc) is 3.04. The highest BCUT2D eigenvalue weighted by Crippen LogP contribution is 2.32. The van der Waals surface area contributed by atoms with Crippen molar-refractivity contribution in [3.05, 3.63) is 34.3 Å². The monoisotopic (exact) mass is 391 g/mol. The molecule has 3 amide bonds. The van der Waals surface area contributed by atoms with Crippen LogP contribution in [-0.4, -0.2) is 42.7 Å². The summed E-state index contributed by atoms with van der Waals surface area (Å²) in [5, 5.41) is 7.16. The van der Waals surface area contributed by atoms with Gasteiger partial charge < -0.3 is 19.5 Å². The number of hydrogen-bond acceptors (Lipinski definition) is 8. The first kappa shape index (κ1) is 18.6. The van der Waals surface area contributed by atoms with Crippen molar-refractivity contribution in [3.63, 3.8) is 0 Å². The van der Waals surface area contributed by atoms with E-state index in [2.05, 4.69) is 15.6 Å². The molecule has 10 heteroatoms. The number of aromatic nitrogens is 1. The Labute approximate surface area is 158 Å².